The minimum Gasteiger partial charge on any atom is -0.427 e. The molecule has 0 N–H and O–H groups in total. The average molecular weight is 258 g/mol. The van der Waals surface area contributed by atoms with Crippen LogP contribution < -0.4 is 9.64 Å². The lowest BCUT2D eigenvalue weighted by Crippen LogP contribution is -2.16. The molecular formula is C10H12BrNO2. The fourth-order valence-corrected chi connectivity index (χ4v) is 1.46. The Labute approximate surface area is 91.8 Å². The fraction of sp³-hybridized carbons (Fsp3) is 0.300. The van der Waals surface area contributed by atoms with Crippen molar-refractivity contribution in [3.8, 4) is 5.75 Å². The summed E-state index contributed by atoms with van der Waals surface area (Å²) in [4.78, 5) is 12.3. The molecule has 1 rings (SSSR count). The smallest absolute Gasteiger partial charge is 0.298 e. The second-order valence-electron chi connectivity index (χ2n) is 2.84. The van der Waals surface area contributed by atoms with Gasteiger partial charge in [0.1, 0.15) is 0 Å². The Morgan fingerprint density at radius 2 is 2.29 bits per heavy atom. The van der Waals surface area contributed by atoms with Gasteiger partial charge in [-0.1, -0.05) is 15.9 Å². The van der Waals surface area contributed by atoms with Crippen LogP contribution in [0, 0.1) is 0 Å². The van der Waals surface area contributed by atoms with E-state index >= 15 is 0 Å². The molecule has 14 heavy (non-hydrogen) atoms. The van der Waals surface area contributed by atoms with Gasteiger partial charge >= 0.3 is 0 Å². The van der Waals surface area contributed by atoms with Gasteiger partial charge in [0, 0.05) is 18.1 Å². The van der Waals surface area contributed by atoms with E-state index in [1.165, 1.54) is 0 Å². The number of ether oxygens (including phenoxy) is 1. The van der Waals surface area contributed by atoms with Crippen LogP contribution in [0.5, 0.6) is 5.75 Å². The lowest BCUT2D eigenvalue weighted by molar-refractivity contribution is -0.120. The standard InChI is InChI=1S/C10H12BrNO2/c1-3-12(2)9-6-8(11)4-5-10(9)14-7-13/h4-7H,3H2,1-2H3. The van der Waals surface area contributed by atoms with Crippen molar-refractivity contribution in [2.75, 3.05) is 18.5 Å². The van der Waals surface area contributed by atoms with Gasteiger partial charge in [0.15, 0.2) is 5.75 Å². The van der Waals surface area contributed by atoms with Crippen molar-refractivity contribution < 1.29 is 9.53 Å². The van der Waals surface area contributed by atoms with E-state index in [0.29, 0.717) is 12.2 Å². The van der Waals surface area contributed by atoms with E-state index in [0.717, 1.165) is 16.7 Å². The number of carbonyl (C=O) groups excluding carboxylic acids is 1. The largest absolute Gasteiger partial charge is 0.427 e. The Hall–Kier alpha value is -1.03. The molecule has 0 aliphatic carbocycles. The van der Waals surface area contributed by atoms with Crippen LogP contribution in [0.3, 0.4) is 0 Å². The summed E-state index contributed by atoms with van der Waals surface area (Å²) in [6.45, 7) is 3.33. The predicted molar refractivity (Wildman–Crippen MR) is 59.8 cm³/mol. The van der Waals surface area contributed by atoms with Crippen LogP contribution in [0.4, 0.5) is 5.69 Å². The lowest BCUT2D eigenvalue weighted by Gasteiger charge is -2.19. The molecule has 4 heteroatoms. The second kappa shape index (κ2) is 5.00. The van der Waals surface area contributed by atoms with E-state index in [4.69, 9.17) is 4.74 Å². The van der Waals surface area contributed by atoms with Gasteiger partial charge in [0.05, 0.1) is 5.69 Å². The zero-order valence-electron chi connectivity index (χ0n) is 8.16. The fourth-order valence-electron chi connectivity index (χ4n) is 1.11. The molecule has 1 aromatic rings. The highest BCUT2D eigenvalue weighted by molar-refractivity contribution is 9.10. The van der Waals surface area contributed by atoms with E-state index < -0.39 is 0 Å². The highest BCUT2D eigenvalue weighted by Gasteiger charge is 2.07. The number of benzene rings is 1. The summed E-state index contributed by atoms with van der Waals surface area (Å²) in [6, 6.07) is 5.52. The van der Waals surface area contributed by atoms with Gasteiger partial charge in [-0.2, -0.15) is 0 Å². The van der Waals surface area contributed by atoms with Gasteiger partial charge in [0.25, 0.3) is 6.47 Å². The summed E-state index contributed by atoms with van der Waals surface area (Å²) >= 11 is 3.37. The highest BCUT2D eigenvalue weighted by atomic mass is 79.9. The van der Waals surface area contributed by atoms with E-state index in [1.807, 2.05) is 31.0 Å². The maximum atomic E-state index is 10.3. The summed E-state index contributed by atoms with van der Waals surface area (Å²) < 4.78 is 5.84. The molecule has 0 spiro atoms. The summed E-state index contributed by atoms with van der Waals surface area (Å²) in [5, 5.41) is 0. The average Bonchev–Trinajstić information content (AvgIpc) is 2.20. The summed E-state index contributed by atoms with van der Waals surface area (Å²) in [5.74, 6) is 0.576. The van der Waals surface area contributed by atoms with E-state index in [1.54, 1.807) is 6.07 Å². The van der Waals surface area contributed by atoms with Gasteiger partial charge in [-0.15, -0.1) is 0 Å². The third-order valence-corrected chi connectivity index (χ3v) is 2.47. The molecule has 1 aromatic carbocycles. The minimum atomic E-state index is 0.441. The van der Waals surface area contributed by atoms with Crippen molar-refractivity contribution in [1.29, 1.82) is 0 Å². The van der Waals surface area contributed by atoms with Crippen LogP contribution in [-0.4, -0.2) is 20.1 Å². The number of anilines is 1. The first-order valence-corrected chi connectivity index (χ1v) is 5.09. The van der Waals surface area contributed by atoms with E-state index in [2.05, 4.69) is 15.9 Å². The predicted octanol–water partition coefficient (Wildman–Crippen LogP) is 2.44. The first-order valence-electron chi connectivity index (χ1n) is 4.30. The quantitative estimate of drug-likeness (QED) is 0.777. The third kappa shape index (κ3) is 2.48. The van der Waals surface area contributed by atoms with Gasteiger partial charge in [0.2, 0.25) is 0 Å². The molecule has 0 aromatic heterocycles. The Morgan fingerprint density at radius 3 is 2.86 bits per heavy atom. The molecule has 0 aliphatic rings. The second-order valence-corrected chi connectivity index (χ2v) is 3.76. The van der Waals surface area contributed by atoms with Crippen LogP contribution >= 0.6 is 15.9 Å². The number of hydrogen-bond donors (Lipinski definition) is 0. The van der Waals surface area contributed by atoms with Crippen LogP contribution in [0.2, 0.25) is 0 Å². The normalized spacial score (nSPS) is 9.64. The zero-order chi connectivity index (χ0) is 10.6. The molecule has 0 heterocycles. The molecule has 0 bridgehead atoms. The van der Waals surface area contributed by atoms with E-state index in [-0.39, 0.29) is 0 Å². The summed E-state index contributed by atoms with van der Waals surface area (Å²) in [5.41, 5.74) is 0.897. The molecule has 0 saturated heterocycles. The number of hydrogen-bond acceptors (Lipinski definition) is 3. The Bertz CT molecular complexity index is 328. The minimum absolute atomic E-state index is 0.441. The Morgan fingerprint density at radius 1 is 1.57 bits per heavy atom. The molecule has 0 atom stereocenters. The lowest BCUT2D eigenvalue weighted by atomic mass is 10.2. The third-order valence-electron chi connectivity index (χ3n) is 1.98. The van der Waals surface area contributed by atoms with Crippen LogP contribution in [-0.2, 0) is 4.79 Å². The molecule has 0 unspecified atom stereocenters. The topological polar surface area (TPSA) is 29.5 Å². The molecule has 3 nitrogen and oxygen atoms in total. The molecule has 0 aliphatic heterocycles. The Balaban J connectivity index is 3.08. The molecule has 0 amide bonds. The van der Waals surface area contributed by atoms with Crippen molar-refractivity contribution in [2.45, 2.75) is 6.92 Å². The monoisotopic (exact) mass is 257 g/mol. The van der Waals surface area contributed by atoms with Gasteiger partial charge in [-0.25, -0.2) is 0 Å². The molecule has 0 saturated carbocycles. The SMILES string of the molecule is CCN(C)c1cc(Br)ccc1OC=O. The van der Waals surface area contributed by atoms with Crippen molar-refractivity contribution in [1.82, 2.24) is 0 Å². The van der Waals surface area contributed by atoms with Gasteiger partial charge < -0.3 is 9.64 Å². The summed E-state index contributed by atoms with van der Waals surface area (Å²) in [6.07, 6.45) is 0. The summed E-state index contributed by atoms with van der Waals surface area (Å²) in [7, 11) is 1.94. The highest BCUT2D eigenvalue weighted by Crippen LogP contribution is 2.30. The van der Waals surface area contributed by atoms with Gasteiger partial charge in [-0.05, 0) is 25.1 Å². The molecule has 0 fully saturated rings. The molecule has 76 valence electrons. The van der Waals surface area contributed by atoms with E-state index in [9.17, 15) is 4.79 Å². The number of carbonyl (C=O) groups is 1. The first kappa shape index (κ1) is 11.0. The van der Waals surface area contributed by atoms with Crippen LogP contribution in [0.15, 0.2) is 22.7 Å². The van der Waals surface area contributed by atoms with Gasteiger partial charge in [-0.3, -0.25) is 4.79 Å². The van der Waals surface area contributed by atoms with Crippen molar-refractivity contribution >= 4 is 28.1 Å². The molecular weight excluding hydrogens is 246 g/mol. The number of rotatable bonds is 4. The van der Waals surface area contributed by atoms with Crippen LogP contribution in [0.25, 0.3) is 0 Å². The number of halogens is 1. The maximum absolute atomic E-state index is 10.3. The Kier molecular flexibility index (Phi) is 3.95. The zero-order valence-corrected chi connectivity index (χ0v) is 9.74. The maximum Gasteiger partial charge on any atom is 0.298 e. The van der Waals surface area contributed by atoms with Crippen molar-refractivity contribution in [3.05, 3.63) is 22.7 Å². The van der Waals surface area contributed by atoms with Crippen LogP contribution in [0.1, 0.15) is 6.92 Å². The number of nitrogens with zero attached hydrogens (tertiary/aromatic N) is 1. The van der Waals surface area contributed by atoms with Crippen molar-refractivity contribution in [3.63, 3.8) is 0 Å². The molecule has 0 radical (unpaired) electrons. The van der Waals surface area contributed by atoms with Crippen molar-refractivity contribution in [2.24, 2.45) is 0 Å². The first-order chi connectivity index (χ1) is 6.69.